The van der Waals surface area contributed by atoms with E-state index in [1.807, 2.05) is 43.7 Å². The van der Waals surface area contributed by atoms with Crippen LogP contribution >= 0.6 is 0 Å². The Bertz CT molecular complexity index is 2280. The molecule has 4 fully saturated rings. The van der Waals surface area contributed by atoms with Crippen LogP contribution in [0.5, 0.6) is 0 Å². The SMILES string of the molecule is COC(=O)N[C@H](C(=O)N1[C@@H]2C[C@@H]2C[C@H]1c1ncc(-c2ccc(-c3ccc4c(c3)CCCc3[nH]c([C@@H]5C[C@H]6C[C@H]6N5C(=O)[C@@H](NC(=O)OC)C(C)C)nc3-4)cc2)[nH]1)C(C)C. The van der Waals surface area contributed by atoms with E-state index in [0.29, 0.717) is 11.8 Å². The number of piperidine rings is 2. The first kappa shape index (κ1) is 38.8. The quantitative estimate of drug-likeness (QED) is 0.137. The number of hydrogen-bond acceptors (Lipinski definition) is 8. The lowest BCUT2D eigenvalue weighted by molar-refractivity contribution is -0.137. The summed E-state index contributed by atoms with van der Waals surface area (Å²) in [6.07, 6.45) is 7.09. The maximum absolute atomic E-state index is 14.0. The van der Waals surface area contributed by atoms with E-state index in [2.05, 4.69) is 63.1 Å². The van der Waals surface area contributed by atoms with Crippen molar-refractivity contribution in [2.24, 2.45) is 23.7 Å². The molecule has 2 aliphatic heterocycles. The summed E-state index contributed by atoms with van der Waals surface area (Å²) >= 11 is 0. The number of H-pyrrole nitrogens is 2. The molecule has 0 radical (unpaired) electrons. The predicted octanol–water partition coefficient (Wildman–Crippen LogP) is 6.71. The van der Waals surface area contributed by atoms with Gasteiger partial charge in [0.25, 0.3) is 0 Å². The second kappa shape index (κ2) is 15.2. The lowest BCUT2D eigenvalue weighted by Gasteiger charge is -2.32. The van der Waals surface area contributed by atoms with Gasteiger partial charge >= 0.3 is 12.2 Å². The topological polar surface area (TPSA) is 175 Å². The molecule has 9 rings (SSSR count). The van der Waals surface area contributed by atoms with Gasteiger partial charge in [-0.15, -0.1) is 0 Å². The van der Waals surface area contributed by atoms with Crippen LogP contribution in [0.15, 0.2) is 48.7 Å². The third-order valence-electron chi connectivity index (χ3n) is 13.3. The molecule has 2 saturated carbocycles. The van der Waals surface area contributed by atoms with Crippen molar-refractivity contribution in [1.29, 1.82) is 0 Å². The largest absolute Gasteiger partial charge is 0.453 e. The van der Waals surface area contributed by atoms with Gasteiger partial charge in [-0.2, -0.15) is 0 Å². The van der Waals surface area contributed by atoms with Crippen LogP contribution in [0.1, 0.15) is 94.8 Å². The molecular formula is C45H54N8O6. The summed E-state index contributed by atoms with van der Waals surface area (Å²) in [6, 6.07) is 13.8. The van der Waals surface area contributed by atoms with Gasteiger partial charge in [0, 0.05) is 23.3 Å². The number of ether oxygens (including phenoxy) is 2. The standard InChI is InChI=1S/C45H54N8O6/c1-22(2)37(50-44(56)58-5)42(54)52-33-17-28(33)19-35(52)40-46-21-32(48-40)25-12-10-24(11-13-25)26-14-15-30-27(16-26)8-7-9-31-39(30)49-41(47-31)36-20-29-18-34(29)53(36)43(55)38(23(3)4)51-45(57)59-6/h10-16,21-23,28-29,33-38H,7-9,17-20H2,1-6H3,(H,46,48)(H,47,49)(H,50,56)(H,51,57)/t28-,29-,33-,34-,35+,36+,37+,38+/m1/s1. The fraction of sp³-hybridized carbons (Fsp3) is 0.511. The molecule has 59 heavy (non-hydrogen) atoms. The number of likely N-dealkylation sites (tertiary alicyclic amines) is 2. The minimum atomic E-state index is -0.675. The average molecular weight is 803 g/mol. The molecule has 4 aromatic rings. The summed E-state index contributed by atoms with van der Waals surface area (Å²) in [5.41, 5.74) is 8.56. The Labute approximate surface area is 344 Å². The van der Waals surface area contributed by atoms with Gasteiger partial charge in [-0.3, -0.25) is 9.59 Å². The van der Waals surface area contributed by atoms with Crippen molar-refractivity contribution >= 4 is 24.0 Å². The molecule has 4 amide bonds. The number of methoxy groups -OCH3 is 2. The third-order valence-corrected chi connectivity index (χ3v) is 13.3. The van der Waals surface area contributed by atoms with Crippen molar-refractivity contribution in [2.45, 2.75) is 109 Å². The Morgan fingerprint density at radius 2 is 1.27 bits per heavy atom. The number of fused-ring (bicyclic) bond motifs is 5. The minimum Gasteiger partial charge on any atom is -0.453 e. The summed E-state index contributed by atoms with van der Waals surface area (Å²) in [7, 11) is 2.62. The Kier molecular flexibility index (Phi) is 9.99. The van der Waals surface area contributed by atoms with Crippen LogP contribution in [-0.2, 0) is 31.9 Å². The van der Waals surface area contributed by atoms with Crippen LogP contribution in [0.4, 0.5) is 9.59 Å². The highest BCUT2D eigenvalue weighted by molar-refractivity contribution is 5.88. The molecule has 3 aliphatic carbocycles. The van der Waals surface area contributed by atoms with Crippen molar-refractivity contribution in [3.63, 3.8) is 0 Å². The number of rotatable bonds is 10. The van der Waals surface area contributed by atoms with Crippen molar-refractivity contribution in [2.75, 3.05) is 14.2 Å². The number of amides is 4. The van der Waals surface area contributed by atoms with E-state index in [0.717, 1.165) is 95.9 Å². The number of hydrogen-bond donors (Lipinski definition) is 4. The second-order valence-electron chi connectivity index (χ2n) is 17.8. The van der Waals surface area contributed by atoms with Crippen molar-refractivity contribution < 1.29 is 28.7 Å². The number of aromatic nitrogens is 4. The first-order valence-electron chi connectivity index (χ1n) is 21.1. The Hall–Kier alpha value is -5.66. The zero-order valence-electron chi connectivity index (χ0n) is 34.6. The zero-order chi connectivity index (χ0) is 41.3. The van der Waals surface area contributed by atoms with Gasteiger partial charge in [0.1, 0.15) is 23.7 Å². The molecule has 2 saturated heterocycles. The van der Waals surface area contributed by atoms with Gasteiger partial charge in [0.05, 0.1) is 43.9 Å². The second-order valence-corrected chi connectivity index (χ2v) is 17.8. The highest BCUT2D eigenvalue weighted by Crippen LogP contribution is 2.55. The summed E-state index contributed by atoms with van der Waals surface area (Å²) in [5.74, 6) is 2.13. The van der Waals surface area contributed by atoms with E-state index in [4.69, 9.17) is 19.4 Å². The number of alkyl carbamates (subject to hydrolysis) is 2. The summed E-state index contributed by atoms with van der Waals surface area (Å²) in [4.78, 5) is 73.1. The number of benzene rings is 2. The number of aromatic amines is 2. The molecule has 310 valence electrons. The smallest absolute Gasteiger partial charge is 0.407 e. The highest BCUT2D eigenvalue weighted by Gasteiger charge is 2.57. The van der Waals surface area contributed by atoms with Crippen molar-refractivity contribution in [1.82, 2.24) is 40.4 Å². The van der Waals surface area contributed by atoms with E-state index in [-0.39, 0.29) is 47.8 Å². The third kappa shape index (κ3) is 7.14. The van der Waals surface area contributed by atoms with Crippen LogP contribution in [0.3, 0.4) is 0 Å². The maximum Gasteiger partial charge on any atom is 0.407 e. The fourth-order valence-corrected chi connectivity index (χ4v) is 9.91. The average Bonchev–Trinajstić information content (AvgIpc) is 3.90. The molecule has 4 heterocycles. The van der Waals surface area contributed by atoms with Crippen LogP contribution in [-0.4, -0.2) is 92.1 Å². The molecule has 2 aromatic heterocycles. The highest BCUT2D eigenvalue weighted by atomic mass is 16.5. The number of nitrogens with zero attached hydrogens (tertiary/aromatic N) is 4. The van der Waals surface area contributed by atoms with E-state index < -0.39 is 24.3 Å². The lowest BCUT2D eigenvalue weighted by Crippen LogP contribution is -2.52. The first-order valence-corrected chi connectivity index (χ1v) is 21.1. The van der Waals surface area contributed by atoms with E-state index in [1.54, 1.807) is 0 Å². The minimum absolute atomic E-state index is 0.0779. The first-order chi connectivity index (χ1) is 28.4. The van der Waals surface area contributed by atoms with Gasteiger partial charge in [-0.25, -0.2) is 19.6 Å². The lowest BCUT2D eigenvalue weighted by atomic mass is 9.95. The molecule has 5 aliphatic rings. The van der Waals surface area contributed by atoms with Crippen molar-refractivity contribution in [3.8, 4) is 33.6 Å². The Morgan fingerprint density at radius 1 is 0.712 bits per heavy atom. The Balaban J connectivity index is 0.914. The van der Waals surface area contributed by atoms with Gasteiger partial charge in [0.15, 0.2) is 0 Å². The number of nitrogens with one attached hydrogen (secondary N) is 4. The van der Waals surface area contributed by atoms with Crippen LogP contribution in [0, 0.1) is 23.7 Å². The monoisotopic (exact) mass is 802 g/mol. The molecule has 4 N–H and O–H groups in total. The molecule has 14 nitrogen and oxygen atoms in total. The van der Waals surface area contributed by atoms with Crippen LogP contribution < -0.4 is 10.6 Å². The summed E-state index contributed by atoms with van der Waals surface area (Å²) in [5, 5.41) is 5.52. The molecule has 0 unspecified atom stereocenters. The van der Waals surface area contributed by atoms with Crippen molar-refractivity contribution in [3.05, 3.63) is 71.6 Å². The van der Waals surface area contributed by atoms with E-state index in [9.17, 15) is 19.2 Å². The Morgan fingerprint density at radius 3 is 1.85 bits per heavy atom. The van der Waals surface area contributed by atoms with E-state index in [1.165, 1.54) is 19.8 Å². The van der Waals surface area contributed by atoms with Gasteiger partial charge in [-0.05, 0) is 90.9 Å². The molecule has 14 heteroatoms. The fourth-order valence-electron chi connectivity index (χ4n) is 9.91. The number of carbonyl (C=O) groups is 4. The van der Waals surface area contributed by atoms with Crippen LogP contribution in [0.25, 0.3) is 33.6 Å². The normalized spacial score (nSPS) is 24.7. The zero-order valence-corrected chi connectivity index (χ0v) is 34.6. The number of carbonyl (C=O) groups excluding carboxylic acids is 4. The predicted molar refractivity (Wildman–Crippen MR) is 220 cm³/mol. The summed E-state index contributed by atoms with van der Waals surface area (Å²) < 4.78 is 9.65. The number of imidazole rings is 2. The molecular weight excluding hydrogens is 749 g/mol. The molecule has 0 spiro atoms. The van der Waals surface area contributed by atoms with Gasteiger partial charge in [-0.1, -0.05) is 70.2 Å². The molecule has 0 bridgehead atoms. The van der Waals surface area contributed by atoms with E-state index >= 15 is 0 Å². The van der Waals surface area contributed by atoms with Crippen LogP contribution in [0.2, 0.25) is 0 Å². The number of aryl methyl sites for hydroxylation is 2. The van der Waals surface area contributed by atoms with Gasteiger partial charge < -0.3 is 39.9 Å². The maximum atomic E-state index is 14.0. The van der Waals surface area contributed by atoms with Gasteiger partial charge in [0.2, 0.25) is 11.8 Å². The molecule has 2 aromatic carbocycles. The molecule has 8 atom stereocenters. The summed E-state index contributed by atoms with van der Waals surface area (Å²) in [6.45, 7) is 7.73.